The molecule has 0 spiro atoms. The molecule has 1 aliphatic carbocycles. The zero-order valence-corrected chi connectivity index (χ0v) is 17.7. The smallest absolute Gasteiger partial charge is 0.315 e. The summed E-state index contributed by atoms with van der Waals surface area (Å²) in [6.45, 7) is 5.30. The van der Waals surface area contributed by atoms with Gasteiger partial charge in [0.05, 0.1) is 12.7 Å². The lowest BCUT2D eigenvalue weighted by atomic mass is 9.71. The molecule has 0 aromatic heterocycles. The molecule has 4 rings (SSSR count). The number of hydrogen-bond acceptors (Lipinski definition) is 6. The first-order chi connectivity index (χ1) is 14.6. The Bertz CT molecular complexity index is 881. The summed E-state index contributed by atoms with van der Waals surface area (Å²) in [6, 6.07) is 7.68. The van der Waals surface area contributed by atoms with E-state index in [4.69, 9.17) is 14.2 Å². The van der Waals surface area contributed by atoms with Crippen LogP contribution in [0.4, 0.5) is 0 Å². The number of Topliss-reactive ketones (excluding diaryl/α,β-unsaturated/α-hetero) is 1. The number of ether oxygens (including phenoxy) is 3. The van der Waals surface area contributed by atoms with Gasteiger partial charge in [-0.05, 0) is 57.2 Å². The van der Waals surface area contributed by atoms with Gasteiger partial charge >= 0.3 is 5.97 Å². The minimum atomic E-state index is -0.621. The molecule has 0 unspecified atom stereocenters. The van der Waals surface area contributed by atoms with Gasteiger partial charge in [0.1, 0.15) is 18.3 Å². The SMILES string of the molecule is CCOc1cccc([C@H]2C3=C(CCCC3=O)N=C(C)[C@H]2C(=O)OC[C@H]2CCCO2)c1. The van der Waals surface area contributed by atoms with E-state index < -0.39 is 11.8 Å². The van der Waals surface area contributed by atoms with E-state index in [1.807, 2.05) is 38.1 Å². The van der Waals surface area contributed by atoms with Crippen LogP contribution in [0.15, 0.2) is 40.5 Å². The molecular weight excluding hydrogens is 382 g/mol. The van der Waals surface area contributed by atoms with Gasteiger partial charge in [-0.2, -0.15) is 0 Å². The first-order valence-electron chi connectivity index (χ1n) is 10.9. The van der Waals surface area contributed by atoms with Crippen LogP contribution in [0.5, 0.6) is 5.75 Å². The summed E-state index contributed by atoms with van der Waals surface area (Å²) in [7, 11) is 0. The van der Waals surface area contributed by atoms with Crippen LogP contribution >= 0.6 is 0 Å². The fraction of sp³-hybridized carbons (Fsp3) is 0.542. The third-order valence-corrected chi connectivity index (χ3v) is 6.05. The van der Waals surface area contributed by atoms with Crippen molar-refractivity contribution in [3.8, 4) is 5.75 Å². The number of benzene rings is 1. The Morgan fingerprint density at radius 2 is 2.13 bits per heavy atom. The molecule has 3 atom stereocenters. The Hall–Kier alpha value is -2.47. The molecule has 1 saturated heterocycles. The van der Waals surface area contributed by atoms with E-state index in [-0.39, 0.29) is 24.5 Å². The Morgan fingerprint density at radius 3 is 2.90 bits per heavy atom. The Kier molecular flexibility index (Phi) is 6.32. The molecule has 1 aromatic rings. The molecular formula is C24H29NO5. The lowest BCUT2D eigenvalue weighted by Gasteiger charge is -2.34. The highest BCUT2D eigenvalue weighted by Gasteiger charge is 2.43. The Morgan fingerprint density at radius 1 is 1.27 bits per heavy atom. The van der Waals surface area contributed by atoms with Crippen molar-refractivity contribution in [3.63, 3.8) is 0 Å². The van der Waals surface area contributed by atoms with Crippen LogP contribution in [0.3, 0.4) is 0 Å². The molecule has 0 saturated carbocycles. The number of allylic oxidation sites excluding steroid dienone is 2. The average molecular weight is 411 g/mol. The lowest BCUT2D eigenvalue weighted by molar-refractivity contribution is -0.149. The minimum absolute atomic E-state index is 0.0411. The predicted octanol–water partition coefficient (Wildman–Crippen LogP) is 3.99. The number of rotatable bonds is 6. The molecule has 160 valence electrons. The predicted molar refractivity (Wildman–Crippen MR) is 113 cm³/mol. The topological polar surface area (TPSA) is 74.2 Å². The number of ketones is 1. The highest BCUT2D eigenvalue weighted by atomic mass is 16.6. The summed E-state index contributed by atoms with van der Waals surface area (Å²) < 4.78 is 16.9. The van der Waals surface area contributed by atoms with Gasteiger partial charge < -0.3 is 14.2 Å². The third kappa shape index (κ3) is 4.19. The van der Waals surface area contributed by atoms with E-state index in [1.165, 1.54) is 0 Å². The van der Waals surface area contributed by atoms with Gasteiger partial charge in [-0.15, -0.1) is 0 Å². The lowest BCUT2D eigenvalue weighted by Crippen LogP contribution is -2.38. The fourth-order valence-electron chi connectivity index (χ4n) is 4.68. The van der Waals surface area contributed by atoms with Crippen molar-refractivity contribution in [2.24, 2.45) is 10.9 Å². The monoisotopic (exact) mass is 411 g/mol. The molecule has 6 nitrogen and oxygen atoms in total. The molecule has 0 N–H and O–H groups in total. The summed E-state index contributed by atoms with van der Waals surface area (Å²) in [5.41, 5.74) is 3.07. The Balaban J connectivity index is 1.68. The van der Waals surface area contributed by atoms with Crippen molar-refractivity contribution >= 4 is 17.5 Å². The van der Waals surface area contributed by atoms with E-state index >= 15 is 0 Å². The minimum Gasteiger partial charge on any atom is -0.494 e. The van der Waals surface area contributed by atoms with Gasteiger partial charge in [0.2, 0.25) is 0 Å². The summed E-state index contributed by atoms with van der Waals surface area (Å²) in [4.78, 5) is 30.8. The highest BCUT2D eigenvalue weighted by Crippen LogP contribution is 2.44. The maximum absolute atomic E-state index is 13.2. The Labute approximate surface area is 177 Å². The van der Waals surface area contributed by atoms with Crippen LogP contribution in [-0.2, 0) is 19.1 Å². The zero-order chi connectivity index (χ0) is 21.1. The van der Waals surface area contributed by atoms with Crippen molar-refractivity contribution in [3.05, 3.63) is 41.1 Å². The molecule has 0 bridgehead atoms. The molecule has 3 aliphatic rings. The molecule has 1 aromatic carbocycles. The second kappa shape index (κ2) is 9.13. The molecule has 6 heteroatoms. The van der Waals surface area contributed by atoms with E-state index in [9.17, 15) is 9.59 Å². The van der Waals surface area contributed by atoms with Crippen LogP contribution in [-0.4, -0.2) is 43.4 Å². The first kappa shape index (κ1) is 20.8. The molecule has 1 fully saturated rings. The highest BCUT2D eigenvalue weighted by molar-refractivity contribution is 6.08. The van der Waals surface area contributed by atoms with Gasteiger partial charge in [0, 0.05) is 35.9 Å². The number of nitrogens with zero attached hydrogens (tertiary/aromatic N) is 1. The van der Waals surface area contributed by atoms with Crippen LogP contribution < -0.4 is 4.74 Å². The van der Waals surface area contributed by atoms with Crippen LogP contribution in [0.25, 0.3) is 0 Å². The number of esters is 1. The van der Waals surface area contributed by atoms with Crippen LogP contribution in [0, 0.1) is 5.92 Å². The van der Waals surface area contributed by atoms with Crippen molar-refractivity contribution in [2.45, 2.75) is 58.0 Å². The third-order valence-electron chi connectivity index (χ3n) is 6.05. The van der Waals surface area contributed by atoms with Crippen molar-refractivity contribution < 1.29 is 23.8 Å². The average Bonchev–Trinajstić information content (AvgIpc) is 3.25. The van der Waals surface area contributed by atoms with E-state index in [0.29, 0.717) is 30.9 Å². The molecule has 0 radical (unpaired) electrons. The summed E-state index contributed by atoms with van der Waals surface area (Å²) in [6.07, 6.45) is 3.90. The number of aliphatic imine (C=N–C) groups is 1. The number of carbonyl (C=O) groups excluding carboxylic acids is 2. The van der Waals surface area contributed by atoms with Gasteiger partial charge in [-0.25, -0.2) is 0 Å². The quantitative estimate of drug-likeness (QED) is 0.662. The van der Waals surface area contributed by atoms with Crippen molar-refractivity contribution in [1.82, 2.24) is 0 Å². The van der Waals surface area contributed by atoms with Gasteiger partial charge in [-0.1, -0.05) is 12.1 Å². The van der Waals surface area contributed by atoms with Crippen LogP contribution in [0.1, 0.15) is 57.4 Å². The first-order valence-corrected chi connectivity index (χ1v) is 10.9. The van der Waals surface area contributed by atoms with Gasteiger partial charge in [-0.3, -0.25) is 14.6 Å². The second-order valence-electron chi connectivity index (χ2n) is 8.12. The van der Waals surface area contributed by atoms with Crippen LogP contribution in [0.2, 0.25) is 0 Å². The van der Waals surface area contributed by atoms with Gasteiger partial charge in [0.15, 0.2) is 5.78 Å². The summed E-state index contributed by atoms with van der Waals surface area (Å²) in [5.74, 6) is -0.557. The van der Waals surface area contributed by atoms with E-state index in [1.54, 1.807) is 0 Å². The molecule has 2 aliphatic heterocycles. The molecule has 30 heavy (non-hydrogen) atoms. The fourth-order valence-corrected chi connectivity index (χ4v) is 4.68. The molecule has 2 heterocycles. The van der Waals surface area contributed by atoms with E-state index in [2.05, 4.69) is 4.99 Å². The summed E-state index contributed by atoms with van der Waals surface area (Å²) in [5, 5.41) is 0. The number of hydrogen-bond donors (Lipinski definition) is 0. The second-order valence-corrected chi connectivity index (χ2v) is 8.12. The van der Waals surface area contributed by atoms with Crippen molar-refractivity contribution in [2.75, 3.05) is 19.8 Å². The molecule has 0 amide bonds. The zero-order valence-electron chi connectivity index (χ0n) is 17.7. The standard InChI is InChI=1S/C24H29NO5/c1-3-28-17-8-4-7-16(13-17)22-21(24(27)30-14-18-9-6-12-29-18)15(2)25-19-10-5-11-20(26)23(19)22/h4,7-8,13,18,21-22H,3,5-6,9-12,14H2,1-2H3/t18-,21-,22-/m1/s1. The largest absolute Gasteiger partial charge is 0.494 e. The van der Waals surface area contributed by atoms with Crippen molar-refractivity contribution in [1.29, 1.82) is 0 Å². The maximum Gasteiger partial charge on any atom is 0.315 e. The van der Waals surface area contributed by atoms with Gasteiger partial charge in [0.25, 0.3) is 0 Å². The van der Waals surface area contributed by atoms with E-state index in [0.717, 1.165) is 42.7 Å². The number of carbonyl (C=O) groups is 2. The normalized spacial score (nSPS) is 26.3. The maximum atomic E-state index is 13.2. The summed E-state index contributed by atoms with van der Waals surface area (Å²) >= 11 is 0.